The topological polar surface area (TPSA) is 76.1 Å². The van der Waals surface area contributed by atoms with Gasteiger partial charge >= 0.3 is 5.97 Å². The lowest BCUT2D eigenvalue weighted by atomic mass is 10.1. The van der Waals surface area contributed by atoms with Crippen molar-refractivity contribution in [3.05, 3.63) is 29.3 Å². The number of carbonyl (C=O) groups excluding carboxylic acids is 1. The molecule has 0 aliphatic rings. The Hall–Kier alpha value is -2.02. The van der Waals surface area contributed by atoms with E-state index in [4.69, 9.17) is 11.0 Å². The summed E-state index contributed by atoms with van der Waals surface area (Å²) >= 11 is 0. The molecule has 0 radical (unpaired) electrons. The summed E-state index contributed by atoms with van der Waals surface area (Å²) in [5.41, 5.74) is 7.19. The monoisotopic (exact) mass is 190 g/mol. The first kappa shape index (κ1) is 10.1. The number of nitrogens with two attached hydrogens (primary N) is 1. The minimum atomic E-state index is -0.562. The summed E-state index contributed by atoms with van der Waals surface area (Å²) in [6.07, 6.45) is 0. The molecule has 1 aromatic rings. The lowest BCUT2D eigenvalue weighted by Gasteiger charge is -2.05. The molecular weight excluding hydrogens is 180 g/mol. The van der Waals surface area contributed by atoms with Gasteiger partial charge in [-0.05, 0) is 18.6 Å². The lowest BCUT2D eigenvalue weighted by molar-refractivity contribution is 0.0556. The van der Waals surface area contributed by atoms with E-state index in [0.29, 0.717) is 11.3 Å². The molecule has 0 aromatic heterocycles. The maximum Gasteiger partial charge on any atom is 0.341 e. The van der Waals surface area contributed by atoms with E-state index in [1.54, 1.807) is 31.2 Å². The molecular formula is C10H10N2O2. The Morgan fingerprint density at radius 1 is 1.64 bits per heavy atom. The number of ether oxygens (including phenoxy) is 1. The van der Waals surface area contributed by atoms with Crippen LogP contribution in [0.5, 0.6) is 0 Å². The van der Waals surface area contributed by atoms with Crippen molar-refractivity contribution in [2.75, 3.05) is 12.3 Å². The number of esters is 1. The van der Waals surface area contributed by atoms with Gasteiger partial charge in [0.1, 0.15) is 6.07 Å². The number of benzene rings is 1. The predicted octanol–water partition coefficient (Wildman–Crippen LogP) is 1.26. The van der Waals surface area contributed by atoms with E-state index < -0.39 is 5.97 Å². The summed E-state index contributed by atoms with van der Waals surface area (Å²) in [6.45, 7) is 1.54. The third-order valence-corrected chi connectivity index (χ3v) is 1.81. The molecule has 1 aromatic carbocycles. The maximum atomic E-state index is 11.3. The molecule has 0 heterocycles. The number of hydrogen-bond donors (Lipinski definition) is 1. The van der Waals surface area contributed by atoms with E-state index in [0.717, 1.165) is 5.56 Å². The summed E-state index contributed by atoms with van der Waals surface area (Å²) in [6, 6.07) is 6.81. The average molecular weight is 190 g/mol. The van der Waals surface area contributed by atoms with Crippen molar-refractivity contribution >= 4 is 11.7 Å². The lowest BCUT2D eigenvalue weighted by Crippen LogP contribution is -2.09. The van der Waals surface area contributed by atoms with Gasteiger partial charge in [-0.3, -0.25) is 0 Å². The minimum absolute atomic E-state index is 0.258. The summed E-state index contributed by atoms with van der Waals surface area (Å²) in [7, 11) is 0. The highest BCUT2D eigenvalue weighted by Gasteiger charge is 2.11. The summed E-state index contributed by atoms with van der Waals surface area (Å²) in [4.78, 5) is 11.3. The Morgan fingerprint density at radius 3 is 3.00 bits per heavy atom. The number of nitriles is 1. The largest absolute Gasteiger partial charge is 0.447 e. The average Bonchev–Trinajstić information content (AvgIpc) is 2.18. The molecule has 0 saturated heterocycles. The highest BCUT2D eigenvalue weighted by molar-refractivity contribution is 5.95. The fourth-order valence-electron chi connectivity index (χ4n) is 1.03. The normalized spacial score (nSPS) is 9.14. The molecule has 0 amide bonds. The summed E-state index contributed by atoms with van der Waals surface area (Å²) in [5, 5.41) is 8.23. The van der Waals surface area contributed by atoms with Crippen molar-refractivity contribution in [3.63, 3.8) is 0 Å². The number of anilines is 1. The highest BCUT2D eigenvalue weighted by atomic mass is 16.5. The molecule has 2 N–H and O–H groups in total. The van der Waals surface area contributed by atoms with Gasteiger partial charge in [-0.15, -0.1) is 0 Å². The molecule has 0 spiro atoms. The van der Waals surface area contributed by atoms with Gasteiger partial charge in [0.25, 0.3) is 0 Å². The van der Waals surface area contributed by atoms with Gasteiger partial charge in [0, 0.05) is 5.69 Å². The fourth-order valence-corrected chi connectivity index (χ4v) is 1.03. The third-order valence-electron chi connectivity index (χ3n) is 1.81. The van der Waals surface area contributed by atoms with Crippen LogP contribution in [0.15, 0.2) is 18.2 Å². The van der Waals surface area contributed by atoms with Crippen LogP contribution in [-0.4, -0.2) is 12.6 Å². The van der Waals surface area contributed by atoms with E-state index in [2.05, 4.69) is 4.74 Å². The van der Waals surface area contributed by atoms with Crippen LogP contribution in [0.1, 0.15) is 15.9 Å². The van der Waals surface area contributed by atoms with Crippen LogP contribution in [0.4, 0.5) is 5.69 Å². The van der Waals surface area contributed by atoms with Gasteiger partial charge in [-0.25, -0.2) is 4.79 Å². The molecule has 0 aliphatic heterocycles. The van der Waals surface area contributed by atoms with Gasteiger partial charge in [-0.1, -0.05) is 12.1 Å². The van der Waals surface area contributed by atoms with Gasteiger partial charge in [-0.2, -0.15) is 5.26 Å². The van der Waals surface area contributed by atoms with Crippen LogP contribution >= 0.6 is 0 Å². The third kappa shape index (κ3) is 2.02. The van der Waals surface area contributed by atoms with E-state index in [-0.39, 0.29) is 6.61 Å². The zero-order valence-electron chi connectivity index (χ0n) is 7.78. The van der Waals surface area contributed by atoms with E-state index in [9.17, 15) is 4.79 Å². The van der Waals surface area contributed by atoms with E-state index in [1.165, 1.54) is 0 Å². The highest BCUT2D eigenvalue weighted by Crippen LogP contribution is 2.17. The zero-order chi connectivity index (χ0) is 10.6. The minimum Gasteiger partial charge on any atom is -0.447 e. The molecule has 0 unspecified atom stereocenters. The fraction of sp³-hybridized carbons (Fsp3) is 0.200. The molecule has 14 heavy (non-hydrogen) atoms. The first-order valence-electron chi connectivity index (χ1n) is 4.06. The van der Waals surface area contributed by atoms with Crippen LogP contribution in [0, 0.1) is 18.3 Å². The first-order valence-corrected chi connectivity index (χ1v) is 4.06. The number of hydrogen-bond acceptors (Lipinski definition) is 4. The maximum absolute atomic E-state index is 11.3. The van der Waals surface area contributed by atoms with Crippen molar-refractivity contribution < 1.29 is 9.53 Å². The Kier molecular flexibility index (Phi) is 3.08. The quantitative estimate of drug-likeness (QED) is 0.562. The number of nitrogen functional groups attached to an aromatic ring is 1. The van der Waals surface area contributed by atoms with Crippen LogP contribution in [0.3, 0.4) is 0 Å². The number of carbonyl (C=O) groups is 1. The zero-order valence-corrected chi connectivity index (χ0v) is 7.78. The first-order chi connectivity index (χ1) is 6.66. The van der Waals surface area contributed by atoms with Crippen LogP contribution in [0.25, 0.3) is 0 Å². The van der Waals surface area contributed by atoms with E-state index >= 15 is 0 Å². The Labute approximate surface area is 81.9 Å². The standard InChI is InChI=1S/C10H10N2O2/c1-7-3-2-4-8(9(7)12)10(13)14-6-5-11/h2-4H,6,12H2,1H3. The van der Waals surface area contributed by atoms with Gasteiger partial charge in [0.15, 0.2) is 6.61 Å². The van der Waals surface area contributed by atoms with Crippen LogP contribution < -0.4 is 5.73 Å². The second kappa shape index (κ2) is 4.28. The van der Waals surface area contributed by atoms with Crippen molar-refractivity contribution in [1.82, 2.24) is 0 Å². The van der Waals surface area contributed by atoms with Crippen molar-refractivity contribution in [2.24, 2.45) is 0 Å². The summed E-state index contributed by atoms with van der Waals surface area (Å²) < 4.78 is 4.63. The number of para-hydroxylation sites is 1. The van der Waals surface area contributed by atoms with E-state index in [1.807, 2.05) is 0 Å². The molecule has 0 saturated carbocycles. The van der Waals surface area contributed by atoms with Crippen molar-refractivity contribution in [2.45, 2.75) is 6.92 Å². The molecule has 72 valence electrons. The number of nitrogens with zero attached hydrogens (tertiary/aromatic N) is 1. The smallest absolute Gasteiger partial charge is 0.341 e. The molecule has 4 heteroatoms. The summed E-state index contributed by atoms with van der Waals surface area (Å²) in [5.74, 6) is -0.562. The Balaban J connectivity index is 2.91. The number of rotatable bonds is 2. The van der Waals surface area contributed by atoms with Crippen LogP contribution in [0.2, 0.25) is 0 Å². The second-order valence-corrected chi connectivity index (χ2v) is 2.77. The molecule has 0 aliphatic carbocycles. The van der Waals surface area contributed by atoms with Crippen molar-refractivity contribution in [1.29, 1.82) is 5.26 Å². The Morgan fingerprint density at radius 2 is 2.36 bits per heavy atom. The van der Waals surface area contributed by atoms with Crippen molar-refractivity contribution in [3.8, 4) is 6.07 Å². The van der Waals surface area contributed by atoms with Gasteiger partial charge in [0.05, 0.1) is 5.56 Å². The molecule has 1 rings (SSSR count). The molecule has 4 nitrogen and oxygen atoms in total. The SMILES string of the molecule is Cc1cccc(C(=O)OCC#N)c1N. The molecule has 0 fully saturated rings. The van der Waals surface area contributed by atoms with Gasteiger partial charge in [0.2, 0.25) is 0 Å². The molecule has 0 bridgehead atoms. The van der Waals surface area contributed by atoms with Crippen LogP contribution in [-0.2, 0) is 4.74 Å². The molecule has 0 atom stereocenters. The predicted molar refractivity (Wildman–Crippen MR) is 51.5 cm³/mol. The second-order valence-electron chi connectivity index (χ2n) is 2.77. The Bertz CT molecular complexity index is 394. The van der Waals surface area contributed by atoms with Gasteiger partial charge < -0.3 is 10.5 Å². The number of aryl methyl sites for hydroxylation is 1.